The van der Waals surface area contributed by atoms with E-state index in [0.29, 0.717) is 5.69 Å². The molecule has 0 unspecified atom stereocenters. The molecular formula is C17H15N3O3S. The van der Waals surface area contributed by atoms with Crippen molar-refractivity contribution in [3.8, 4) is 11.3 Å². The van der Waals surface area contributed by atoms with E-state index in [2.05, 4.69) is 15.3 Å². The lowest BCUT2D eigenvalue weighted by Crippen LogP contribution is -2.12. The minimum absolute atomic E-state index is 0.112. The van der Waals surface area contributed by atoms with Crippen LogP contribution in [0.15, 0.2) is 66.0 Å². The molecule has 122 valence electrons. The Hall–Kier alpha value is -2.93. The Morgan fingerprint density at radius 2 is 1.92 bits per heavy atom. The Bertz CT molecular complexity index is 980. The van der Waals surface area contributed by atoms with Crippen LogP contribution in [0.5, 0.6) is 0 Å². The first kappa shape index (κ1) is 15.9. The van der Waals surface area contributed by atoms with Crippen molar-refractivity contribution >= 4 is 21.4 Å². The Labute approximate surface area is 139 Å². The highest BCUT2D eigenvalue weighted by Gasteiger charge is 2.12. The largest absolute Gasteiger partial charge is 0.345 e. The van der Waals surface area contributed by atoms with Crippen molar-refractivity contribution in [3.05, 3.63) is 66.6 Å². The van der Waals surface area contributed by atoms with Gasteiger partial charge in [-0.3, -0.25) is 4.79 Å². The fraction of sp³-hybridized carbons (Fsp3) is 0.0588. The van der Waals surface area contributed by atoms with E-state index in [1.807, 2.05) is 18.2 Å². The van der Waals surface area contributed by atoms with E-state index in [4.69, 9.17) is 0 Å². The van der Waals surface area contributed by atoms with Gasteiger partial charge in [0.2, 0.25) is 0 Å². The van der Waals surface area contributed by atoms with Gasteiger partial charge in [0.1, 0.15) is 0 Å². The maximum atomic E-state index is 12.4. The van der Waals surface area contributed by atoms with Crippen molar-refractivity contribution in [1.29, 1.82) is 0 Å². The van der Waals surface area contributed by atoms with Gasteiger partial charge < -0.3 is 10.3 Å². The Kier molecular flexibility index (Phi) is 4.18. The summed E-state index contributed by atoms with van der Waals surface area (Å²) in [7, 11) is -3.36. The molecule has 0 aliphatic carbocycles. The summed E-state index contributed by atoms with van der Waals surface area (Å²) in [6.45, 7) is 0. The van der Waals surface area contributed by atoms with Crippen LogP contribution < -0.4 is 5.32 Å². The van der Waals surface area contributed by atoms with E-state index in [1.165, 1.54) is 12.1 Å². The van der Waals surface area contributed by atoms with Crippen molar-refractivity contribution in [2.75, 3.05) is 11.6 Å². The number of nitrogens with zero attached hydrogens (tertiary/aromatic N) is 1. The van der Waals surface area contributed by atoms with Crippen LogP contribution in [-0.4, -0.2) is 30.5 Å². The standard InChI is InChI=1S/C17H15N3O3S/c1-24(22,23)15-7-3-5-13(9-15)17(21)20-14-6-2-4-12(8-14)16-10-18-11-19-16/h2-11H,1H3,(H,18,19)(H,20,21). The van der Waals surface area contributed by atoms with Gasteiger partial charge >= 0.3 is 0 Å². The van der Waals surface area contributed by atoms with E-state index >= 15 is 0 Å². The van der Waals surface area contributed by atoms with Crippen LogP contribution in [0.4, 0.5) is 5.69 Å². The molecule has 0 radical (unpaired) electrons. The number of hydrogen-bond donors (Lipinski definition) is 2. The monoisotopic (exact) mass is 341 g/mol. The number of aromatic amines is 1. The molecule has 3 aromatic rings. The van der Waals surface area contributed by atoms with Gasteiger partial charge in [0.15, 0.2) is 9.84 Å². The number of amides is 1. The zero-order chi connectivity index (χ0) is 17.2. The number of benzene rings is 2. The zero-order valence-corrected chi connectivity index (χ0v) is 13.7. The molecule has 1 aromatic heterocycles. The third-order valence-electron chi connectivity index (χ3n) is 3.45. The van der Waals surface area contributed by atoms with Crippen LogP contribution in [0.3, 0.4) is 0 Å². The highest BCUT2D eigenvalue weighted by atomic mass is 32.2. The van der Waals surface area contributed by atoms with Crippen molar-refractivity contribution in [3.63, 3.8) is 0 Å². The average molecular weight is 341 g/mol. The minimum atomic E-state index is -3.36. The normalized spacial score (nSPS) is 11.2. The molecule has 1 heterocycles. The highest BCUT2D eigenvalue weighted by molar-refractivity contribution is 7.90. The predicted octanol–water partition coefficient (Wildman–Crippen LogP) is 2.73. The van der Waals surface area contributed by atoms with Crippen LogP contribution in [0.2, 0.25) is 0 Å². The third kappa shape index (κ3) is 3.52. The molecule has 24 heavy (non-hydrogen) atoms. The zero-order valence-electron chi connectivity index (χ0n) is 12.9. The third-order valence-corrected chi connectivity index (χ3v) is 4.56. The summed E-state index contributed by atoms with van der Waals surface area (Å²) in [6, 6.07) is 13.2. The second-order valence-corrected chi connectivity index (χ2v) is 7.32. The van der Waals surface area contributed by atoms with Crippen LogP contribution in [0.1, 0.15) is 10.4 Å². The first-order chi connectivity index (χ1) is 11.4. The maximum Gasteiger partial charge on any atom is 0.255 e. The Morgan fingerprint density at radius 3 is 2.62 bits per heavy atom. The number of H-pyrrole nitrogens is 1. The number of nitrogens with one attached hydrogen (secondary N) is 2. The van der Waals surface area contributed by atoms with Crippen molar-refractivity contribution < 1.29 is 13.2 Å². The number of aromatic nitrogens is 2. The quantitative estimate of drug-likeness (QED) is 0.763. The lowest BCUT2D eigenvalue weighted by atomic mass is 10.1. The molecule has 6 nitrogen and oxygen atoms in total. The lowest BCUT2D eigenvalue weighted by molar-refractivity contribution is 0.102. The van der Waals surface area contributed by atoms with E-state index in [0.717, 1.165) is 17.5 Å². The summed E-state index contributed by atoms with van der Waals surface area (Å²) < 4.78 is 23.2. The molecule has 0 atom stereocenters. The molecule has 0 spiro atoms. The van der Waals surface area contributed by atoms with Gasteiger partial charge in [-0.2, -0.15) is 0 Å². The summed E-state index contributed by atoms with van der Waals surface area (Å²) in [4.78, 5) is 19.4. The van der Waals surface area contributed by atoms with Gasteiger partial charge in [0.05, 0.1) is 23.1 Å². The molecule has 0 bridgehead atoms. The van der Waals surface area contributed by atoms with Crippen LogP contribution >= 0.6 is 0 Å². The lowest BCUT2D eigenvalue weighted by Gasteiger charge is -2.08. The van der Waals surface area contributed by atoms with Crippen LogP contribution in [0.25, 0.3) is 11.3 Å². The number of imidazole rings is 1. The second-order valence-electron chi connectivity index (χ2n) is 5.30. The number of rotatable bonds is 4. The van der Waals surface area contributed by atoms with Gasteiger partial charge in [0, 0.05) is 23.1 Å². The van der Waals surface area contributed by atoms with E-state index in [-0.39, 0.29) is 16.4 Å². The molecular weight excluding hydrogens is 326 g/mol. The van der Waals surface area contributed by atoms with Gasteiger partial charge in [-0.1, -0.05) is 18.2 Å². The summed E-state index contributed by atoms with van der Waals surface area (Å²) in [5.74, 6) is -0.373. The topological polar surface area (TPSA) is 91.9 Å². The maximum absolute atomic E-state index is 12.4. The summed E-state index contributed by atoms with van der Waals surface area (Å²) in [5, 5.41) is 2.77. The number of carbonyl (C=O) groups excluding carboxylic acids is 1. The van der Waals surface area contributed by atoms with Gasteiger partial charge in [0.25, 0.3) is 5.91 Å². The highest BCUT2D eigenvalue weighted by Crippen LogP contribution is 2.21. The van der Waals surface area contributed by atoms with Gasteiger partial charge in [-0.25, -0.2) is 13.4 Å². The molecule has 0 fully saturated rings. The van der Waals surface area contributed by atoms with Crippen molar-refractivity contribution in [2.24, 2.45) is 0 Å². The molecule has 1 amide bonds. The number of sulfone groups is 1. The van der Waals surface area contributed by atoms with Gasteiger partial charge in [-0.15, -0.1) is 0 Å². The molecule has 0 aliphatic heterocycles. The van der Waals surface area contributed by atoms with E-state index in [1.54, 1.807) is 30.7 Å². The number of carbonyl (C=O) groups is 1. The summed E-state index contributed by atoms with van der Waals surface area (Å²) in [6.07, 6.45) is 4.38. The molecule has 2 N–H and O–H groups in total. The summed E-state index contributed by atoms with van der Waals surface area (Å²) >= 11 is 0. The van der Waals surface area contributed by atoms with Gasteiger partial charge in [-0.05, 0) is 30.3 Å². The average Bonchev–Trinajstić information content (AvgIpc) is 3.09. The number of hydrogen-bond acceptors (Lipinski definition) is 4. The molecule has 3 rings (SSSR count). The van der Waals surface area contributed by atoms with Crippen LogP contribution in [-0.2, 0) is 9.84 Å². The predicted molar refractivity (Wildman–Crippen MR) is 91.5 cm³/mol. The van der Waals surface area contributed by atoms with Crippen molar-refractivity contribution in [1.82, 2.24) is 9.97 Å². The SMILES string of the molecule is CS(=O)(=O)c1cccc(C(=O)Nc2cccc(-c3cnc[nH]3)c2)c1. The first-order valence-corrected chi connectivity index (χ1v) is 9.03. The second kappa shape index (κ2) is 6.29. The minimum Gasteiger partial charge on any atom is -0.345 e. The van der Waals surface area contributed by atoms with Crippen molar-refractivity contribution in [2.45, 2.75) is 4.90 Å². The Balaban J connectivity index is 1.84. The molecule has 7 heteroatoms. The smallest absolute Gasteiger partial charge is 0.255 e. The fourth-order valence-electron chi connectivity index (χ4n) is 2.25. The van der Waals surface area contributed by atoms with Crippen LogP contribution in [0, 0.1) is 0 Å². The summed E-state index contributed by atoms with van der Waals surface area (Å²) in [5.41, 5.74) is 2.61. The molecule has 0 saturated heterocycles. The molecule has 0 saturated carbocycles. The molecule has 0 aliphatic rings. The van der Waals surface area contributed by atoms with E-state index < -0.39 is 9.84 Å². The first-order valence-electron chi connectivity index (χ1n) is 7.14. The number of anilines is 1. The Morgan fingerprint density at radius 1 is 1.12 bits per heavy atom. The molecule has 2 aromatic carbocycles. The fourth-order valence-corrected chi connectivity index (χ4v) is 2.92. The van der Waals surface area contributed by atoms with E-state index in [9.17, 15) is 13.2 Å².